The first-order valence-electron chi connectivity index (χ1n) is 8.00. The molecule has 7 nitrogen and oxygen atoms in total. The molecule has 1 unspecified atom stereocenters. The predicted octanol–water partition coefficient (Wildman–Crippen LogP) is 3.44. The highest BCUT2D eigenvalue weighted by atomic mass is 79.9. The number of rotatable bonds is 5. The molecule has 1 amide bonds. The van der Waals surface area contributed by atoms with Gasteiger partial charge in [-0.3, -0.25) is 0 Å². The van der Waals surface area contributed by atoms with Gasteiger partial charge in [0.05, 0.1) is 23.0 Å². The molecule has 11 heteroatoms. The summed E-state index contributed by atoms with van der Waals surface area (Å²) in [4.78, 5) is 23.7. The van der Waals surface area contributed by atoms with Crippen LogP contribution in [0.4, 0.5) is 18.0 Å². The Morgan fingerprint density at radius 2 is 1.93 bits per heavy atom. The Labute approximate surface area is 166 Å². The van der Waals surface area contributed by atoms with Gasteiger partial charge < -0.3 is 10.5 Å². The van der Waals surface area contributed by atoms with Crippen molar-refractivity contribution in [3.63, 3.8) is 0 Å². The van der Waals surface area contributed by atoms with Crippen molar-refractivity contribution in [3.05, 3.63) is 57.0 Å². The summed E-state index contributed by atoms with van der Waals surface area (Å²) < 4.78 is 47.4. The van der Waals surface area contributed by atoms with Crippen LogP contribution in [-0.4, -0.2) is 26.5 Å². The normalized spacial score (nSPS) is 13.5. The molecule has 1 aromatic carbocycles. The standard InChI is InChI=1S/C17H18BrF3N4O3/c1-17(2,3)14(28-15(22)26)9(6-19)7-25-16(27)24(8-23-25)10-4-11(20)13(18)12(21)5-10/h4-6,8,14H,7H2,1-3H3,(H2,22,26). The van der Waals surface area contributed by atoms with Gasteiger partial charge in [-0.2, -0.15) is 5.10 Å². The van der Waals surface area contributed by atoms with Crippen molar-refractivity contribution in [3.8, 4) is 5.69 Å². The molecule has 1 heterocycles. The summed E-state index contributed by atoms with van der Waals surface area (Å²) in [5, 5.41) is 3.84. The lowest BCUT2D eigenvalue weighted by atomic mass is 9.84. The number of amides is 1. The van der Waals surface area contributed by atoms with E-state index >= 15 is 0 Å². The van der Waals surface area contributed by atoms with Crippen LogP contribution < -0.4 is 11.4 Å². The van der Waals surface area contributed by atoms with Gasteiger partial charge in [-0.1, -0.05) is 20.8 Å². The number of nitrogens with two attached hydrogens (primary N) is 1. The van der Waals surface area contributed by atoms with E-state index in [0.29, 0.717) is 0 Å². The summed E-state index contributed by atoms with van der Waals surface area (Å²) in [6.45, 7) is 4.72. The number of ether oxygens (including phenoxy) is 1. The van der Waals surface area contributed by atoms with Gasteiger partial charge in [0.25, 0.3) is 0 Å². The average molecular weight is 463 g/mol. The van der Waals surface area contributed by atoms with E-state index in [9.17, 15) is 22.8 Å². The zero-order valence-electron chi connectivity index (χ0n) is 15.2. The average Bonchev–Trinajstić information content (AvgIpc) is 2.94. The van der Waals surface area contributed by atoms with E-state index in [1.165, 1.54) is 0 Å². The van der Waals surface area contributed by atoms with E-state index in [2.05, 4.69) is 21.0 Å². The molecule has 1 atom stereocenters. The van der Waals surface area contributed by atoms with Gasteiger partial charge in [-0.15, -0.1) is 0 Å². The predicted molar refractivity (Wildman–Crippen MR) is 98.5 cm³/mol. The highest BCUT2D eigenvalue weighted by Crippen LogP contribution is 2.29. The third-order valence-electron chi connectivity index (χ3n) is 3.81. The van der Waals surface area contributed by atoms with Crippen LogP contribution in [-0.2, 0) is 11.3 Å². The molecule has 0 bridgehead atoms. The van der Waals surface area contributed by atoms with Crippen LogP contribution in [0.1, 0.15) is 20.8 Å². The molecule has 0 aliphatic carbocycles. The molecule has 2 rings (SSSR count). The highest BCUT2D eigenvalue weighted by molar-refractivity contribution is 9.10. The molecule has 0 spiro atoms. The Balaban J connectivity index is 2.40. The van der Waals surface area contributed by atoms with Crippen molar-refractivity contribution >= 4 is 22.0 Å². The van der Waals surface area contributed by atoms with Gasteiger partial charge in [0.1, 0.15) is 24.1 Å². The van der Waals surface area contributed by atoms with E-state index in [-0.39, 0.29) is 28.6 Å². The van der Waals surface area contributed by atoms with Crippen molar-refractivity contribution in [2.75, 3.05) is 0 Å². The van der Waals surface area contributed by atoms with E-state index in [0.717, 1.165) is 27.7 Å². The maximum atomic E-state index is 13.7. The van der Waals surface area contributed by atoms with Crippen LogP contribution in [0.3, 0.4) is 0 Å². The lowest BCUT2D eigenvalue weighted by Crippen LogP contribution is -2.37. The molecule has 28 heavy (non-hydrogen) atoms. The largest absolute Gasteiger partial charge is 0.441 e. The van der Waals surface area contributed by atoms with Crippen molar-refractivity contribution in [1.29, 1.82) is 0 Å². The van der Waals surface area contributed by atoms with Crippen LogP contribution in [0.5, 0.6) is 0 Å². The second-order valence-corrected chi connectivity index (χ2v) is 7.82. The summed E-state index contributed by atoms with van der Waals surface area (Å²) in [7, 11) is 0. The molecule has 2 aromatic rings. The number of carbonyl (C=O) groups is 1. The molecule has 1 aromatic heterocycles. The fourth-order valence-electron chi connectivity index (χ4n) is 2.58. The number of halogens is 4. The van der Waals surface area contributed by atoms with Crippen LogP contribution in [0.2, 0.25) is 0 Å². The van der Waals surface area contributed by atoms with Crippen LogP contribution >= 0.6 is 15.9 Å². The third kappa shape index (κ3) is 4.64. The molecule has 0 aliphatic heterocycles. The van der Waals surface area contributed by atoms with E-state index < -0.39 is 34.9 Å². The summed E-state index contributed by atoms with van der Waals surface area (Å²) in [5.74, 6) is -1.80. The van der Waals surface area contributed by atoms with Crippen molar-refractivity contribution < 1.29 is 22.7 Å². The zero-order valence-corrected chi connectivity index (χ0v) is 16.8. The third-order valence-corrected chi connectivity index (χ3v) is 4.57. The fourth-order valence-corrected chi connectivity index (χ4v) is 2.81. The first-order valence-corrected chi connectivity index (χ1v) is 8.79. The number of hydrogen-bond acceptors (Lipinski definition) is 4. The minimum Gasteiger partial charge on any atom is -0.441 e. The molecular formula is C17H18BrF3N4O3. The van der Waals surface area contributed by atoms with Crippen molar-refractivity contribution in [2.24, 2.45) is 11.1 Å². The molecular weight excluding hydrogens is 445 g/mol. The minimum atomic E-state index is -1.10. The molecule has 0 saturated carbocycles. The van der Waals surface area contributed by atoms with Gasteiger partial charge >= 0.3 is 11.8 Å². The molecule has 2 N–H and O–H groups in total. The monoisotopic (exact) mass is 462 g/mol. The number of nitrogens with zero attached hydrogens (tertiary/aromatic N) is 3. The van der Waals surface area contributed by atoms with Crippen LogP contribution in [0, 0.1) is 17.0 Å². The van der Waals surface area contributed by atoms with Gasteiger partial charge in [0, 0.05) is 11.0 Å². The molecule has 152 valence electrons. The lowest BCUT2D eigenvalue weighted by molar-refractivity contribution is 0.0566. The lowest BCUT2D eigenvalue weighted by Gasteiger charge is -2.31. The first-order chi connectivity index (χ1) is 13.0. The van der Waals surface area contributed by atoms with Gasteiger partial charge in [-0.05, 0) is 28.1 Å². The van der Waals surface area contributed by atoms with Gasteiger partial charge in [-0.25, -0.2) is 32.0 Å². The van der Waals surface area contributed by atoms with Gasteiger partial charge in [0.15, 0.2) is 0 Å². The second-order valence-electron chi connectivity index (χ2n) is 7.03. The number of carbonyl (C=O) groups excluding carboxylic acids is 1. The number of hydrogen-bond donors (Lipinski definition) is 1. The molecule has 0 aliphatic rings. The highest BCUT2D eigenvalue weighted by Gasteiger charge is 2.32. The Hall–Kier alpha value is -2.56. The number of benzene rings is 1. The quantitative estimate of drug-likeness (QED) is 0.688. The maximum Gasteiger partial charge on any atom is 0.405 e. The summed E-state index contributed by atoms with van der Waals surface area (Å²) in [6.07, 6.45) is -0.905. The van der Waals surface area contributed by atoms with E-state index in [4.69, 9.17) is 10.5 Å². The topological polar surface area (TPSA) is 92.1 Å². The van der Waals surface area contributed by atoms with Crippen LogP contribution in [0.15, 0.2) is 39.6 Å². The zero-order chi connectivity index (χ0) is 21.2. The summed E-state index contributed by atoms with van der Waals surface area (Å²) >= 11 is 2.75. The van der Waals surface area contributed by atoms with Gasteiger partial charge in [0.2, 0.25) is 0 Å². The van der Waals surface area contributed by atoms with Crippen molar-refractivity contribution in [1.82, 2.24) is 14.3 Å². The number of aromatic nitrogens is 3. The SMILES string of the molecule is CC(C)(C)C(OC(N)=O)C(=CF)Cn1ncn(-c2cc(F)c(Br)c(F)c2)c1=O. The Bertz CT molecular complexity index is 956. The Morgan fingerprint density at radius 3 is 2.39 bits per heavy atom. The second kappa shape index (κ2) is 8.21. The molecule has 0 saturated heterocycles. The van der Waals surface area contributed by atoms with E-state index in [1.54, 1.807) is 20.8 Å². The Kier molecular flexibility index (Phi) is 6.37. The first kappa shape index (κ1) is 21.7. The molecule has 0 radical (unpaired) electrons. The Morgan fingerprint density at radius 1 is 1.36 bits per heavy atom. The summed E-state index contributed by atoms with van der Waals surface area (Å²) in [5.41, 5.74) is 3.40. The molecule has 0 fully saturated rings. The number of primary amides is 1. The van der Waals surface area contributed by atoms with Crippen LogP contribution in [0.25, 0.3) is 5.69 Å². The smallest absolute Gasteiger partial charge is 0.405 e. The van der Waals surface area contributed by atoms with E-state index in [1.807, 2.05) is 0 Å². The minimum absolute atomic E-state index is 0.0631. The fraction of sp³-hybridized carbons (Fsp3) is 0.353. The maximum absolute atomic E-state index is 13.7. The summed E-state index contributed by atoms with van der Waals surface area (Å²) in [6, 6.07) is 1.89. The van der Waals surface area contributed by atoms with Crippen molar-refractivity contribution in [2.45, 2.75) is 33.4 Å².